The highest BCUT2D eigenvalue weighted by molar-refractivity contribution is 6.26. The number of aromatic nitrogens is 1. The SMILES string of the molecule is Cn1c2cccc(-c3ccccc3)c2c2ccc3oc4ccccc4c3c21. The van der Waals surface area contributed by atoms with Gasteiger partial charge in [-0.1, -0.05) is 60.7 Å². The fourth-order valence-corrected chi connectivity index (χ4v) is 4.43. The van der Waals surface area contributed by atoms with Crippen LogP contribution in [0.2, 0.25) is 0 Å². The van der Waals surface area contributed by atoms with Crippen LogP contribution < -0.4 is 0 Å². The van der Waals surface area contributed by atoms with Crippen molar-refractivity contribution in [3.8, 4) is 11.1 Å². The summed E-state index contributed by atoms with van der Waals surface area (Å²) in [5.41, 5.74) is 6.86. The minimum absolute atomic E-state index is 0.938. The van der Waals surface area contributed by atoms with Gasteiger partial charge in [-0.05, 0) is 35.4 Å². The first-order valence-electron chi connectivity index (χ1n) is 9.20. The van der Waals surface area contributed by atoms with E-state index in [1.165, 1.54) is 43.7 Å². The molecule has 27 heavy (non-hydrogen) atoms. The van der Waals surface area contributed by atoms with Gasteiger partial charge in [-0.25, -0.2) is 0 Å². The van der Waals surface area contributed by atoms with Crippen LogP contribution in [0.1, 0.15) is 0 Å². The van der Waals surface area contributed by atoms with E-state index < -0.39 is 0 Å². The summed E-state index contributed by atoms with van der Waals surface area (Å²) in [7, 11) is 2.15. The smallest absolute Gasteiger partial charge is 0.137 e. The minimum atomic E-state index is 0.938. The fourth-order valence-electron chi connectivity index (χ4n) is 4.43. The standard InChI is InChI=1S/C25H17NO/c1-26-20-12-7-11-17(16-8-3-2-4-9-16)23(20)19-14-15-22-24(25(19)26)18-10-5-6-13-21(18)27-22/h2-15H,1H3. The lowest BCUT2D eigenvalue weighted by Crippen LogP contribution is -1.87. The van der Waals surface area contributed by atoms with E-state index in [9.17, 15) is 0 Å². The first-order valence-corrected chi connectivity index (χ1v) is 9.20. The Hall–Kier alpha value is -3.52. The van der Waals surface area contributed by atoms with Gasteiger partial charge >= 0.3 is 0 Å². The molecular formula is C25H17NO. The Bertz CT molecular complexity index is 1470. The van der Waals surface area contributed by atoms with Crippen LogP contribution in [0.4, 0.5) is 0 Å². The number of rotatable bonds is 1. The third-order valence-corrected chi connectivity index (χ3v) is 5.61. The first kappa shape index (κ1) is 14.6. The topological polar surface area (TPSA) is 18.1 Å². The van der Waals surface area contributed by atoms with Gasteiger partial charge in [-0.3, -0.25) is 0 Å². The molecule has 0 aliphatic carbocycles. The Morgan fingerprint density at radius 3 is 2.33 bits per heavy atom. The molecular weight excluding hydrogens is 330 g/mol. The Balaban J connectivity index is 1.87. The number of benzene rings is 4. The molecule has 0 N–H and O–H groups in total. The highest BCUT2D eigenvalue weighted by Crippen LogP contribution is 2.41. The van der Waals surface area contributed by atoms with E-state index in [1.807, 2.05) is 12.1 Å². The molecule has 0 atom stereocenters. The van der Waals surface area contributed by atoms with E-state index in [1.54, 1.807) is 0 Å². The Labute approximate surface area is 156 Å². The normalized spacial score (nSPS) is 11.9. The van der Waals surface area contributed by atoms with Gasteiger partial charge in [0, 0.05) is 28.7 Å². The number of para-hydroxylation sites is 1. The van der Waals surface area contributed by atoms with Crippen LogP contribution in [0.15, 0.2) is 89.3 Å². The maximum atomic E-state index is 6.11. The monoisotopic (exact) mass is 347 g/mol. The summed E-state index contributed by atoms with van der Waals surface area (Å²) in [5, 5.41) is 4.94. The second-order valence-corrected chi connectivity index (χ2v) is 7.06. The number of hydrogen-bond acceptors (Lipinski definition) is 1. The lowest BCUT2D eigenvalue weighted by Gasteiger charge is -2.04. The predicted octanol–water partition coefficient (Wildman–Crippen LogP) is 6.90. The molecule has 2 aromatic heterocycles. The van der Waals surface area contributed by atoms with Crippen LogP contribution in [0.25, 0.3) is 54.9 Å². The van der Waals surface area contributed by atoms with Crippen LogP contribution in [-0.2, 0) is 7.05 Å². The molecule has 0 unspecified atom stereocenters. The van der Waals surface area contributed by atoms with Gasteiger partial charge in [-0.15, -0.1) is 0 Å². The molecule has 0 radical (unpaired) electrons. The summed E-state index contributed by atoms with van der Waals surface area (Å²) in [5.74, 6) is 0. The van der Waals surface area contributed by atoms with Gasteiger partial charge in [0.1, 0.15) is 11.2 Å². The quantitative estimate of drug-likeness (QED) is 0.316. The summed E-state index contributed by atoms with van der Waals surface area (Å²) in [6.07, 6.45) is 0. The fraction of sp³-hybridized carbons (Fsp3) is 0.0400. The van der Waals surface area contributed by atoms with Crippen molar-refractivity contribution in [2.75, 3.05) is 0 Å². The second-order valence-electron chi connectivity index (χ2n) is 7.06. The second kappa shape index (κ2) is 5.24. The molecule has 6 aromatic rings. The van der Waals surface area contributed by atoms with Crippen molar-refractivity contribution in [2.24, 2.45) is 7.05 Å². The van der Waals surface area contributed by atoms with E-state index in [0.29, 0.717) is 0 Å². The number of furan rings is 1. The lowest BCUT2D eigenvalue weighted by molar-refractivity contribution is 0.669. The van der Waals surface area contributed by atoms with Crippen LogP contribution in [0.5, 0.6) is 0 Å². The van der Waals surface area contributed by atoms with E-state index in [0.717, 1.165) is 11.2 Å². The summed E-state index contributed by atoms with van der Waals surface area (Å²) in [6.45, 7) is 0. The molecule has 2 nitrogen and oxygen atoms in total. The molecule has 6 rings (SSSR count). The average Bonchev–Trinajstić information content (AvgIpc) is 3.24. The largest absolute Gasteiger partial charge is 0.456 e. The lowest BCUT2D eigenvalue weighted by atomic mass is 9.99. The van der Waals surface area contributed by atoms with Crippen LogP contribution in [0.3, 0.4) is 0 Å². The van der Waals surface area contributed by atoms with E-state index in [4.69, 9.17) is 4.42 Å². The highest BCUT2D eigenvalue weighted by atomic mass is 16.3. The van der Waals surface area contributed by atoms with Crippen molar-refractivity contribution in [3.05, 3.63) is 84.9 Å². The molecule has 0 bridgehead atoms. The number of fused-ring (bicyclic) bond motifs is 7. The van der Waals surface area contributed by atoms with Gasteiger partial charge in [-0.2, -0.15) is 0 Å². The zero-order valence-corrected chi connectivity index (χ0v) is 14.9. The van der Waals surface area contributed by atoms with Crippen molar-refractivity contribution in [3.63, 3.8) is 0 Å². The molecule has 128 valence electrons. The molecule has 0 amide bonds. The van der Waals surface area contributed by atoms with Crippen LogP contribution >= 0.6 is 0 Å². The zero-order valence-electron chi connectivity index (χ0n) is 14.9. The van der Waals surface area contributed by atoms with Crippen molar-refractivity contribution < 1.29 is 4.42 Å². The molecule has 0 saturated carbocycles. The van der Waals surface area contributed by atoms with Crippen LogP contribution in [0, 0.1) is 0 Å². The van der Waals surface area contributed by atoms with E-state index in [2.05, 4.69) is 84.4 Å². The molecule has 2 heteroatoms. The van der Waals surface area contributed by atoms with Crippen LogP contribution in [-0.4, -0.2) is 4.57 Å². The van der Waals surface area contributed by atoms with Gasteiger partial charge in [0.15, 0.2) is 0 Å². The van der Waals surface area contributed by atoms with Crippen molar-refractivity contribution in [1.29, 1.82) is 0 Å². The van der Waals surface area contributed by atoms with E-state index in [-0.39, 0.29) is 0 Å². The minimum Gasteiger partial charge on any atom is -0.456 e. The average molecular weight is 347 g/mol. The molecule has 0 aliphatic rings. The number of hydrogen-bond donors (Lipinski definition) is 0. The van der Waals surface area contributed by atoms with Gasteiger partial charge in [0.2, 0.25) is 0 Å². The summed E-state index contributed by atoms with van der Waals surface area (Å²) in [6, 6.07) is 29.8. The molecule has 0 saturated heterocycles. The predicted molar refractivity (Wildman–Crippen MR) is 113 cm³/mol. The van der Waals surface area contributed by atoms with E-state index >= 15 is 0 Å². The Morgan fingerprint density at radius 2 is 1.44 bits per heavy atom. The third-order valence-electron chi connectivity index (χ3n) is 5.61. The Morgan fingerprint density at radius 1 is 0.630 bits per heavy atom. The van der Waals surface area contributed by atoms with Gasteiger partial charge in [0.05, 0.1) is 10.9 Å². The molecule has 2 heterocycles. The highest BCUT2D eigenvalue weighted by Gasteiger charge is 2.18. The first-order chi connectivity index (χ1) is 13.3. The number of aryl methyl sites for hydroxylation is 1. The van der Waals surface area contributed by atoms with Crippen molar-refractivity contribution >= 4 is 43.7 Å². The number of nitrogens with zero attached hydrogens (tertiary/aromatic N) is 1. The maximum Gasteiger partial charge on any atom is 0.137 e. The summed E-state index contributed by atoms with van der Waals surface area (Å²) in [4.78, 5) is 0. The molecule has 4 aromatic carbocycles. The summed E-state index contributed by atoms with van der Waals surface area (Å²) >= 11 is 0. The van der Waals surface area contributed by atoms with Gasteiger partial charge in [0.25, 0.3) is 0 Å². The summed E-state index contributed by atoms with van der Waals surface area (Å²) < 4.78 is 8.42. The van der Waals surface area contributed by atoms with Crippen molar-refractivity contribution in [1.82, 2.24) is 4.57 Å². The maximum absolute atomic E-state index is 6.11. The third kappa shape index (κ3) is 1.90. The van der Waals surface area contributed by atoms with Crippen molar-refractivity contribution in [2.45, 2.75) is 0 Å². The Kier molecular flexibility index (Phi) is 2.84. The molecule has 0 aliphatic heterocycles. The zero-order chi connectivity index (χ0) is 18.0. The van der Waals surface area contributed by atoms with Gasteiger partial charge < -0.3 is 8.98 Å². The molecule has 0 spiro atoms. The molecule has 0 fully saturated rings.